The number of pyridine rings is 2. The Bertz CT molecular complexity index is 1970. The molecule has 0 radical (unpaired) electrons. The molecule has 2 N–H and O–H groups in total. The van der Waals surface area contributed by atoms with Crippen molar-refractivity contribution < 1.29 is 19.1 Å². The van der Waals surface area contributed by atoms with Crippen molar-refractivity contribution in [2.75, 3.05) is 52.3 Å². The molecule has 1 aromatic carbocycles. The van der Waals surface area contributed by atoms with Gasteiger partial charge in [-0.2, -0.15) is 5.10 Å². The molecule has 1 spiro atoms. The van der Waals surface area contributed by atoms with Gasteiger partial charge in [0.1, 0.15) is 17.6 Å². The molecule has 2 aliphatic heterocycles. The van der Waals surface area contributed by atoms with E-state index in [-0.39, 0.29) is 17.5 Å². The number of carbonyl (C=O) groups is 3. The van der Waals surface area contributed by atoms with Crippen molar-refractivity contribution in [3.63, 3.8) is 0 Å². The minimum Gasteiger partial charge on any atom is -0.378 e. The van der Waals surface area contributed by atoms with Gasteiger partial charge >= 0.3 is 0 Å². The second-order valence-corrected chi connectivity index (χ2v) is 13.3. The first-order valence-electron chi connectivity index (χ1n) is 16.3. The Kier molecular flexibility index (Phi) is 8.30. The van der Waals surface area contributed by atoms with E-state index in [4.69, 9.17) is 4.74 Å². The zero-order chi connectivity index (χ0) is 33.6. The molecule has 2 atom stereocenters. The fourth-order valence-electron chi connectivity index (χ4n) is 7.20. The zero-order valence-corrected chi connectivity index (χ0v) is 27.7. The summed E-state index contributed by atoms with van der Waals surface area (Å²) in [6, 6.07) is 7.01. The topological polar surface area (TPSA) is 135 Å². The predicted molar refractivity (Wildman–Crippen MR) is 182 cm³/mol. The van der Waals surface area contributed by atoms with Crippen molar-refractivity contribution in [2.24, 2.45) is 7.05 Å². The number of rotatable bonds is 2. The van der Waals surface area contributed by atoms with Crippen molar-refractivity contribution in [1.29, 1.82) is 0 Å². The quantitative estimate of drug-likeness (QED) is 0.339. The number of anilines is 1. The van der Waals surface area contributed by atoms with Crippen LogP contribution in [0, 0.1) is 6.92 Å². The third-order valence-corrected chi connectivity index (χ3v) is 9.81. The molecule has 4 aromatic rings. The first kappa shape index (κ1) is 31.6. The lowest BCUT2D eigenvalue weighted by molar-refractivity contribution is -0.132. The summed E-state index contributed by atoms with van der Waals surface area (Å²) in [5.41, 5.74) is 5.94. The van der Waals surface area contributed by atoms with Crippen LogP contribution in [0.5, 0.6) is 0 Å². The van der Waals surface area contributed by atoms with Gasteiger partial charge in [0, 0.05) is 63.5 Å². The average molecular weight is 649 g/mol. The van der Waals surface area contributed by atoms with Gasteiger partial charge in [0.05, 0.1) is 30.3 Å². The number of fused-ring (bicyclic) bond motifs is 3. The van der Waals surface area contributed by atoms with Crippen LogP contribution in [0.4, 0.5) is 5.82 Å². The Morgan fingerprint density at radius 1 is 0.958 bits per heavy atom. The van der Waals surface area contributed by atoms with Crippen molar-refractivity contribution >= 4 is 40.5 Å². The van der Waals surface area contributed by atoms with E-state index in [0.717, 1.165) is 44.3 Å². The number of nitrogens with zero attached hydrogens (tertiary/aromatic N) is 6. The molecule has 248 valence electrons. The highest BCUT2D eigenvalue weighted by atomic mass is 16.5. The molecule has 5 bridgehead atoms. The van der Waals surface area contributed by atoms with E-state index in [1.807, 2.05) is 56.2 Å². The van der Waals surface area contributed by atoms with Crippen LogP contribution in [0.25, 0.3) is 17.0 Å². The fourth-order valence-corrected chi connectivity index (χ4v) is 7.20. The molecule has 1 aliphatic carbocycles. The van der Waals surface area contributed by atoms with E-state index in [9.17, 15) is 14.4 Å². The Labute approximate surface area is 279 Å². The van der Waals surface area contributed by atoms with Crippen molar-refractivity contribution in [3.8, 4) is 0 Å². The number of aryl methyl sites for hydroxylation is 2. The summed E-state index contributed by atoms with van der Waals surface area (Å²) in [7, 11) is 5.66. The van der Waals surface area contributed by atoms with Crippen LogP contribution >= 0.6 is 0 Å². The molecule has 12 nitrogen and oxygen atoms in total. The average Bonchev–Trinajstić information content (AvgIpc) is 3.72. The molecule has 12 heteroatoms. The first-order chi connectivity index (χ1) is 23.1. The summed E-state index contributed by atoms with van der Waals surface area (Å²) >= 11 is 0. The number of benzene rings is 1. The van der Waals surface area contributed by atoms with Crippen LogP contribution in [-0.4, -0.2) is 100 Å². The van der Waals surface area contributed by atoms with Crippen LogP contribution in [0.2, 0.25) is 0 Å². The van der Waals surface area contributed by atoms with Gasteiger partial charge in [-0.1, -0.05) is 18.2 Å². The van der Waals surface area contributed by atoms with E-state index in [1.165, 1.54) is 0 Å². The molecule has 0 saturated heterocycles. The summed E-state index contributed by atoms with van der Waals surface area (Å²) in [6.07, 6.45) is 10.5. The van der Waals surface area contributed by atoms with Crippen molar-refractivity contribution in [2.45, 2.75) is 37.6 Å². The molecule has 3 aromatic heterocycles. The highest BCUT2D eigenvalue weighted by Gasteiger charge is 2.51. The SMILES string of the molecule is Cc1cc(C[C@H]2NC(=O)c3cc4c(cn3)C[C@@]3(C4)C(=O)Nc4ncc(cc43)/C=C/CN(C)CCOCCN(C)C2=O)cc2cnn(C)c12. The lowest BCUT2D eigenvalue weighted by Gasteiger charge is -2.25. The molecular formula is C36H40N8O4. The fraction of sp³-hybridized carbons (Fsp3) is 0.389. The highest BCUT2D eigenvalue weighted by molar-refractivity contribution is 6.06. The van der Waals surface area contributed by atoms with Gasteiger partial charge in [-0.3, -0.25) is 24.0 Å². The smallest absolute Gasteiger partial charge is 0.270 e. The number of nitrogens with one attached hydrogen (secondary N) is 2. The summed E-state index contributed by atoms with van der Waals surface area (Å²) in [5.74, 6) is -0.193. The Balaban J connectivity index is 1.21. The maximum absolute atomic E-state index is 13.9. The molecule has 3 aliphatic rings. The number of likely N-dealkylation sites (N-methyl/N-ethyl adjacent to an activating group) is 2. The summed E-state index contributed by atoms with van der Waals surface area (Å²) in [6.45, 7) is 4.71. The second-order valence-electron chi connectivity index (χ2n) is 13.3. The molecule has 48 heavy (non-hydrogen) atoms. The number of aromatic nitrogens is 4. The van der Waals surface area contributed by atoms with E-state index in [2.05, 4.69) is 36.7 Å². The standard InChI is InChI=1S/C36H40N8O4/c1-22-12-24(13-26-21-39-44(4)31(22)26)15-30-34(46)43(3)9-11-48-10-8-42(2)7-5-6-23-14-28-32(38-19-23)41-35(47)36(28)17-25-16-29(33(45)40-30)37-20-27(25)18-36/h5-6,12-14,16,19-21,30H,7-11,15,17-18H2,1-4H3,(H,40,45)(H,38,41,47)/b6-5+/t30-,36-/m1/s1. The van der Waals surface area contributed by atoms with Crippen LogP contribution in [0.1, 0.15) is 43.9 Å². The van der Waals surface area contributed by atoms with E-state index in [1.54, 1.807) is 30.4 Å². The minimum atomic E-state index is -0.842. The van der Waals surface area contributed by atoms with Crippen molar-refractivity contribution in [3.05, 3.63) is 88.0 Å². The highest BCUT2D eigenvalue weighted by Crippen LogP contribution is 2.47. The molecule has 0 unspecified atom stereocenters. The van der Waals surface area contributed by atoms with Gasteiger partial charge in [0.15, 0.2) is 0 Å². The van der Waals surface area contributed by atoms with Gasteiger partial charge in [-0.05, 0) is 72.8 Å². The lowest BCUT2D eigenvalue weighted by Crippen LogP contribution is -2.49. The van der Waals surface area contributed by atoms with E-state index < -0.39 is 17.4 Å². The van der Waals surface area contributed by atoms with Crippen LogP contribution < -0.4 is 10.6 Å². The molecular weight excluding hydrogens is 608 g/mol. The first-order valence-corrected chi connectivity index (χ1v) is 16.3. The Morgan fingerprint density at radius 3 is 2.62 bits per heavy atom. The van der Waals surface area contributed by atoms with Gasteiger partial charge in [0.2, 0.25) is 11.8 Å². The third kappa shape index (κ3) is 5.86. The van der Waals surface area contributed by atoms with Gasteiger partial charge in [-0.15, -0.1) is 0 Å². The molecule has 7 rings (SSSR count). The molecule has 0 fully saturated rings. The maximum Gasteiger partial charge on any atom is 0.270 e. The van der Waals surface area contributed by atoms with Gasteiger partial charge in [-0.25, -0.2) is 4.98 Å². The summed E-state index contributed by atoms with van der Waals surface area (Å²) < 4.78 is 7.72. The van der Waals surface area contributed by atoms with Gasteiger partial charge < -0.3 is 25.2 Å². The largest absolute Gasteiger partial charge is 0.378 e. The molecule has 5 heterocycles. The number of hydrogen-bond acceptors (Lipinski definition) is 8. The number of hydrogen-bond donors (Lipinski definition) is 2. The van der Waals surface area contributed by atoms with Crippen LogP contribution in [-0.2, 0) is 46.1 Å². The second kappa shape index (κ2) is 12.6. The molecule has 3 amide bonds. The Morgan fingerprint density at radius 2 is 1.77 bits per heavy atom. The van der Waals surface area contributed by atoms with Crippen molar-refractivity contribution in [1.82, 2.24) is 34.9 Å². The summed E-state index contributed by atoms with van der Waals surface area (Å²) in [5, 5.41) is 11.3. The van der Waals surface area contributed by atoms with Crippen LogP contribution in [0.15, 0.2) is 48.9 Å². The monoisotopic (exact) mass is 648 g/mol. The number of amides is 3. The number of ether oxygens (including phenoxy) is 1. The Hall–Kier alpha value is -4.94. The van der Waals surface area contributed by atoms with Crippen LogP contribution in [0.3, 0.4) is 0 Å². The number of carbonyl (C=O) groups excluding carboxylic acids is 3. The minimum absolute atomic E-state index is 0.0999. The summed E-state index contributed by atoms with van der Waals surface area (Å²) in [4.78, 5) is 54.0. The zero-order valence-electron chi connectivity index (χ0n) is 27.7. The predicted octanol–water partition coefficient (Wildman–Crippen LogP) is 2.44. The molecule has 0 saturated carbocycles. The lowest BCUT2D eigenvalue weighted by atomic mass is 9.79. The van der Waals surface area contributed by atoms with Gasteiger partial charge in [0.25, 0.3) is 5.91 Å². The normalized spacial score (nSPS) is 22.8. The third-order valence-electron chi connectivity index (χ3n) is 9.81. The van der Waals surface area contributed by atoms with E-state index >= 15 is 0 Å². The maximum atomic E-state index is 13.9. The van der Waals surface area contributed by atoms with E-state index in [0.29, 0.717) is 57.9 Å².